The standard InChI is InChI=1S/C16H12F3NO/c1-21-11-13-10-20-14(9-15(13)16(17,18)19)8-7-12-5-3-2-4-6-12/h2-6,9-10H,11H2,1H3. The van der Waals surface area contributed by atoms with E-state index in [0.29, 0.717) is 5.56 Å². The minimum atomic E-state index is -4.46. The molecular weight excluding hydrogens is 279 g/mol. The Morgan fingerprint density at radius 1 is 1.14 bits per heavy atom. The maximum atomic E-state index is 13.0. The molecule has 1 aromatic carbocycles. The molecule has 2 nitrogen and oxygen atoms in total. The van der Waals surface area contributed by atoms with Gasteiger partial charge in [0.2, 0.25) is 0 Å². The third-order valence-corrected chi connectivity index (χ3v) is 2.70. The summed E-state index contributed by atoms with van der Waals surface area (Å²) in [6.45, 7) is -0.145. The Kier molecular flexibility index (Phi) is 4.61. The molecule has 0 radical (unpaired) electrons. The van der Waals surface area contributed by atoms with E-state index < -0.39 is 11.7 Å². The van der Waals surface area contributed by atoms with Crippen molar-refractivity contribution in [3.05, 3.63) is 65.0 Å². The molecule has 0 unspecified atom stereocenters. The molecule has 0 N–H and O–H groups in total. The molecule has 0 saturated carbocycles. The lowest BCUT2D eigenvalue weighted by atomic mass is 10.1. The zero-order chi connectivity index (χ0) is 15.3. The fourth-order valence-electron chi connectivity index (χ4n) is 1.74. The first-order valence-corrected chi connectivity index (χ1v) is 6.13. The van der Waals surface area contributed by atoms with Crippen LogP contribution >= 0.6 is 0 Å². The zero-order valence-corrected chi connectivity index (χ0v) is 11.2. The molecule has 1 aromatic heterocycles. The molecule has 0 spiro atoms. The molecule has 0 bridgehead atoms. The molecule has 0 aliphatic carbocycles. The van der Waals surface area contributed by atoms with Crippen molar-refractivity contribution >= 4 is 0 Å². The number of hydrogen-bond acceptors (Lipinski definition) is 2. The number of pyridine rings is 1. The molecule has 0 fully saturated rings. The number of halogens is 3. The number of nitrogens with zero attached hydrogens (tertiary/aromatic N) is 1. The van der Waals surface area contributed by atoms with Gasteiger partial charge in [-0.2, -0.15) is 13.2 Å². The van der Waals surface area contributed by atoms with Gasteiger partial charge >= 0.3 is 6.18 Å². The second-order valence-electron chi connectivity index (χ2n) is 4.27. The van der Waals surface area contributed by atoms with Crippen LogP contribution in [0.3, 0.4) is 0 Å². The molecule has 0 aliphatic rings. The van der Waals surface area contributed by atoms with Gasteiger partial charge < -0.3 is 4.74 Å². The van der Waals surface area contributed by atoms with Crippen molar-refractivity contribution in [3.63, 3.8) is 0 Å². The summed E-state index contributed by atoms with van der Waals surface area (Å²) in [4.78, 5) is 3.93. The van der Waals surface area contributed by atoms with Crippen molar-refractivity contribution in [2.45, 2.75) is 12.8 Å². The Morgan fingerprint density at radius 2 is 1.86 bits per heavy atom. The Labute approximate surface area is 120 Å². The highest BCUT2D eigenvalue weighted by Crippen LogP contribution is 2.32. The maximum Gasteiger partial charge on any atom is 0.416 e. The highest BCUT2D eigenvalue weighted by molar-refractivity contribution is 5.42. The van der Waals surface area contributed by atoms with Gasteiger partial charge in [0.25, 0.3) is 0 Å². The van der Waals surface area contributed by atoms with Crippen LogP contribution in [0.5, 0.6) is 0 Å². The Morgan fingerprint density at radius 3 is 2.48 bits per heavy atom. The summed E-state index contributed by atoms with van der Waals surface area (Å²) in [5.41, 5.74) is 0.0202. The lowest BCUT2D eigenvalue weighted by Crippen LogP contribution is -2.11. The van der Waals surface area contributed by atoms with Gasteiger partial charge in [0, 0.05) is 24.4 Å². The Bertz CT molecular complexity index is 669. The van der Waals surface area contributed by atoms with Gasteiger partial charge in [-0.05, 0) is 24.1 Å². The summed E-state index contributed by atoms with van der Waals surface area (Å²) in [5, 5.41) is 0. The van der Waals surface area contributed by atoms with Crippen LogP contribution < -0.4 is 0 Å². The predicted molar refractivity (Wildman–Crippen MR) is 72.4 cm³/mol. The van der Waals surface area contributed by atoms with E-state index in [2.05, 4.69) is 16.8 Å². The molecule has 5 heteroatoms. The Balaban J connectivity index is 2.37. The monoisotopic (exact) mass is 291 g/mol. The van der Waals surface area contributed by atoms with Crippen molar-refractivity contribution in [2.24, 2.45) is 0 Å². The van der Waals surface area contributed by atoms with Gasteiger partial charge in [-0.1, -0.05) is 24.1 Å². The van der Waals surface area contributed by atoms with Crippen LogP contribution in [-0.4, -0.2) is 12.1 Å². The molecular formula is C16H12F3NO. The van der Waals surface area contributed by atoms with E-state index in [9.17, 15) is 13.2 Å². The summed E-state index contributed by atoms with van der Waals surface area (Å²) in [6.07, 6.45) is -3.30. The summed E-state index contributed by atoms with van der Waals surface area (Å²) >= 11 is 0. The number of alkyl halides is 3. The molecule has 0 saturated heterocycles. The van der Waals surface area contributed by atoms with Crippen molar-refractivity contribution in [3.8, 4) is 11.8 Å². The fraction of sp³-hybridized carbons (Fsp3) is 0.188. The molecule has 21 heavy (non-hydrogen) atoms. The van der Waals surface area contributed by atoms with Crippen LogP contribution in [0.1, 0.15) is 22.4 Å². The van der Waals surface area contributed by atoms with E-state index in [0.717, 1.165) is 12.3 Å². The maximum absolute atomic E-state index is 13.0. The third-order valence-electron chi connectivity index (χ3n) is 2.70. The van der Waals surface area contributed by atoms with Crippen LogP contribution in [0.4, 0.5) is 13.2 Å². The summed E-state index contributed by atoms with van der Waals surface area (Å²) in [7, 11) is 1.34. The largest absolute Gasteiger partial charge is 0.416 e. The van der Waals surface area contributed by atoms with Crippen LogP contribution in [0.15, 0.2) is 42.6 Å². The van der Waals surface area contributed by atoms with Gasteiger partial charge in [-0.25, -0.2) is 4.98 Å². The fourth-order valence-corrected chi connectivity index (χ4v) is 1.74. The number of benzene rings is 1. The van der Waals surface area contributed by atoms with E-state index in [4.69, 9.17) is 4.74 Å². The van der Waals surface area contributed by atoms with E-state index in [-0.39, 0.29) is 17.9 Å². The van der Waals surface area contributed by atoms with Crippen LogP contribution in [0, 0.1) is 11.8 Å². The van der Waals surface area contributed by atoms with Crippen LogP contribution in [0.2, 0.25) is 0 Å². The highest BCUT2D eigenvalue weighted by Gasteiger charge is 2.33. The minimum Gasteiger partial charge on any atom is -0.380 e. The zero-order valence-electron chi connectivity index (χ0n) is 11.2. The number of methoxy groups -OCH3 is 1. The third kappa shape index (κ3) is 4.07. The summed E-state index contributed by atoms with van der Waals surface area (Å²) in [5.74, 6) is 5.42. The van der Waals surface area contributed by atoms with E-state index in [1.807, 2.05) is 6.07 Å². The van der Waals surface area contributed by atoms with Gasteiger partial charge in [-0.3, -0.25) is 0 Å². The quantitative estimate of drug-likeness (QED) is 0.788. The van der Waals surface area contributed by atoms with Crippen molar-refractivity contribution in [2.75, 3.05) is 7.11 Å². The lowest BCUT2D eigenvalue weighted by Gasteiger charge is -2.11. The average molecular weight is 291 g/mol. The molecule has 2 rings (SSSR count). The van der Waals surface area contributed by atoms with Crippen molar-refractivity contribution in [1.29, 1.82) is 0 Å². The normalized spacial score (nSPS) is 10.9. The van der Waals surface area contributed by atoms with Crippen LogP contribution in [-0.2, 0) is 17.5 Å². The molecule has 0 amide bonds. The number of ether oxygens (including phenoxy) is 1. The SMILES string of the molecule is COCc1cnc(C#Cc2ccccc2)cc1C(F)(F)F. The predicted octanol–water partition coefficient (Wildman–Crippen LogP) is 3.65. The summed E-state index contributed by atoms with van der Waals surface area (Å²) in [6, 6.07) is 9.95. The van der Waals surface area contributed by atoms with Gasteiger partial charge in [0.05, 0.1) is 12.2 Å². The van der Waals surface area contributed by atoms with Gasteiger partial charge in [0.1, 0.15) is 5.69 Å². The topological polar surface area (TPSA) is 22.1 Å². The van der Waals surface area contributed by atoms with Gasteiger partial charge in [-0.15, -0.1) is 0 Å². The van der Waals surface area contributed by atoms with Gasteiger partial charge in [0.15, 0.2) is 0 Å². The van der Waals surface area contributed by atoms with Crippen molar-refractivity contribution in [1.82, 2.24) is 4.98 Å². The van der Waals surface area contributed by atoms with E-state index in [1.165, 1.54) is 7.11 Å². The van der Waals surface area contributed by atoms with E-state index in [1.54, 1.807) is 24.3 Å². The second-order valence-corrected chi connectivity index (χ2v) is 4.27. The molecule has 1 heterocycles. The lowest BCUT2D eigenvalue weighted by molar-refractivity contribution is -0.138. The number of aromatic nitrogens is 1. The molecule has 2 aromatic rings. The highest BCUT2D eigenvalue weighted by atomic mass is 19.4. The number of hydrogen-bond donors (Lipinski definition) is 0. The minimum absolute atomic E-state index is 0.00439. The van der Waals surface area contributed by atoms with Crippen molar-refractivity contribution < 1.29 is 17.9 Å². The molecule has 108 valence electrons. The first kappa shape index (κ1) is 15.1. The average Bonchev–Trinajstić information content (AvgIpc) is 2.46. The Hall–Kier alpha value is -2.32. The first-order valence-electron chi connectivity index (χ1n) is 6.13. The second kappa shape index (κ2) is 6.42. The molecule has 0 atom stereocenters. The van der Waals surface area contributed by atoms with Crippen LogP contribution in [0.25, 0.3) is 0 Å². The van der Waals surface area contributed by atoms with E-state index >= 15 is 0 Å². The molecule has 0 aliphatic heterocycles. The number of rotatable bonds is 2. The summed E-state index contributed by atoms with van der Waals surface area (Å²) < 4.78 is 43.7. The first-order chi connectivity index (χ1) is 10.0. The smallest absolute Gasteiger partial charge is 0.380 e.